The van der Waals surface area contributed by atoms with Gasteiger partial charge in [-0.25, -0.2) is 0 Å². The van der Waals surface area contributed by atoms with Crippen LogP contribution in [0.15, 0.2) is 0 Å². The fraction of sp³-hybridized carbons (Fsp3) is 1.00. The van der Waals surface area contributed by atoms with E-state index in [9.17, 15) is 0 Å². The zero-order chi connectivity index (χ0) is 10.5. The topological polar surface area (TPSA) is 15.3 Å². The van der Waals surface area contributed by atoms with Crippen LogP contribution in [0.4, 0.5) is 0 Å². The van der Waals surface area contributed by atoms with E-state index in [1.54, 1.807) is 0 Å². The Kier molecular flexibility index (Phi) is 4.79. The van der Waals surface area contributed by atoms with Crippen molar-refractivity contribution >= 4 is 11.8 Å². The molecule has 1 heterocycles. The molecular weight excluding hydrogens is 204 g/mol. The second-order valence-corrected chi connectivity index (χ2v) is 6.25. The largest absolute Gasteiger partial charge is 0.311 e. The molecule has 88 valence electrons. The van der Waals surface area contributed by atoms with Crippen LogP contribution in [-0.2, 0) is 0 Å². The molecule has 1 unspecified atom stereocenters. The molecule has 0 aromatic heterocycles. The van der Waals surface area contributed by atoms with E-state index in [1.165, 1.54) is 56.8 Å². The molecule has 0 aromatic carbocycles. The lowest BCUT2D eigenvalue weighted by Crippen LogP contribution is -2.45. The Hall–Kier alpha value is 0.270. The van der Waals surface area contributed by atoms with Crippen molar-refractivity contribution < 1.29 is 0 Å². The summed E-state index contributed by atoms with van der Waals surface area (Å²) in [7, 11) is 2.29. The van der Waals surface area contributed by atoms with Crippen molar-refractivity contribution in [1.29, 1.82) is 0 Å². The third-order valence-electron chi connectivity index (χ3n) is 3.58. The molecule has 15 heavy (non-hydrogen) atoms. The van der Waals surface area contributed by atoms with Gasteiger partial charge in [-0.05, 0) is 25.8 Å². The molecule has 0 aromatic rings. The molecule has 1 atom stereocenters. The minimum Gasteiger partial charge on any atom is -0.311 e. The van der Waals surface area contributed by atoms with Crippen LogP contribution < -0.4 is 5.32 Å². The first-order chi connectivity index (χ1) is 7.34. The van der Waals surface area contributed by atoms with Crippen LogP contribution in [-0.4, -0.2) is 49.1 Å². The fourth-order valence-electron chi connectivity index (χ4n) is 2.82. The van der Waals surface area contributed by atoms with E-state index in [4.69, 9.17) is 0 Å². The summed E-state index contributed by atoms with van der Waals surface area (Å²) in [5, 5.41) is 3.61. The van der Waals surface area contributed by atoms with Crippen LogP contribution in [0.1, 0.15) is 25.7 Å². The smallest absolute Gasteiger partial charge is 0.0285 e. The first-order valence-electron chi connectivity index (χ1n) is 6.34. The summed E-state index contributed by atoms with van der Waals surface area (Å²) in [5.41, 5.74) is 0. The predicted molar refractivity (Wildman–Crippen MR) is 68.6 cm³/mol. The van der Waals surface area contributed by atoms with Crippen molar-refractivity contribution in [3.63, 3.8) is 0 Å². The van der Waals surface area contributed by atoms with Gasteiger partial charge in [0.05, 0.1) is 0 Å². The molecule has 3 heteroatoms. The number of nitrogens with zero attached hydrogens (tertiary/aromatic N) is 1. The number of rotatable bonds is 4. The average Bonchev–Trinajstić information content (AvgIpc) is 2.71. The molecule has 2 aliphatic rings. The van der Waals surface area contributed by atoms with Gasteiger partial charge in [-0.1, -0.05) is 12.8 Å². The molecule has 2 nitrogen and oxygen atoms in total. The van der Waals surface area contributed by atoms with E-state index in [2.05, 4.69) is 29.0 Å². The minimum atomic E-state index is 0.732. The van der Waals surface area contributed by atoms with Gasteiger partial charge in [0.25, 0.3) is 0 Å². The van der Waals surface area contributed by atoms with Crippen LogP contribution in [0.5, 0.6) is 0 Å². The Morgan fingerprint density at radius 3 is 2.73 bits per heavy atom. The first kappa shape index (κ1) is 11.7. The summed E-state index contributed by atoms with van der Waals surface area (Å²) in [5.74, 6) is 3.59. The first-order valence-corrected chi connectivity index (χ1v) is 7.50. The highest BCUT2D eigenvalue weighted by Crippen LogP contribution is 2.25. The molecular formula is C12H24N2S. The van der Waals surface area contributed by atoms with Gasteiger partial charge < -0.3 is 10.2 Å². The van der Waals surface area contributed by atoms with E-state index in [-0.39, 0.29) is 0 Å². The Balaban J connectivity index is 1.64. The zero-order valence-corrected chi connectivity index (χ0v) is 10.7. The van der Waals surface area contributed by atoms with Crippen molar-refractivity contribution in [2.24, 2.45) is 5.92 Å². The molecule has 1 N–H and O–H groups in total. The zero-order valence-electron chi connectivity index (χ0n) is 9.87. The Morgan fingerprint density at radius 2 is 2.07 bits per heavy atom. The lowest BCUT2D eigenvalue weighted by atomic mass is 10.1. The molecule has 2 rings (SSSR count). The maximum Gasteiger partial charge on any atom is 0.0285 e. The molecule has 1 saturated carbocycles. The van der Waals surface area contributed by atoms with Gasteiger partial charge in [0, 0.05) is 37.2 Å². The molecule has 1 saturated heterocycles. The van der Waals surface area contributed by atoms with E-state index in [1.807, 2.05) is 0 Å². The van der Waals surface area contributed by atoms with Crippen LogP contribution >= 0.6 is 11.8 Å². The molecule has 2 fully saturated rings. The van der Waals surface area contributed by atoms with Crippen molar-refractivity contribution in [3.8, 4) is 0 Å². The highest BCUT2D eigenvalue weighted by atomic mass is 32.2. The SMILES string of the molecule is CN(CC1CCCC1)CC1CSCCN1. The normalized spacial score (nSPS) is 28.8. The van der Waals surface area contributed by atoms with E-state index in [0.717, 1.165) is 12.0 Å². The number of nitrogens with one attached hydrogen (secondary N) is 1. The molecule has 0 amide bonds. The van der Waals surface area contributed by atoms with E-state index in [0.29, 0.717) is 0 Å². The average molecular weight is 228 g/mol. The Bertz CT molecular complexity index is 174. The van der Waals surface area contributed by atoms with Crippen LogP contribution in [0, 0.1) is 5.92 Å². The van der Waals surface area contributed by atoms with E-state index < -0.39 is 0 Å². The summed E-state index contributed by atoms with van der Waals surface area (Å²) in [6.07, 6.45) is 5.88. The highest BCUT2D eigenvalue weighted by molar-refractivity contribution is 7.99. The summed E-state index contributed by atoms with van der Waals surface area (Å²) >= 11 is 2.10. The lowest BCUT2D eigenvalue weighted by Gasteiger charge is -2.29. The van der Waals surface area contributed by atoms with Crippen molar-refractivity contribution in [3.05, 3.63) is 0 Å². The van der Waals surface area contributed by atoms with Crippen LogP contribution in [0.25, 0.3) is 0 Å². The molecule has 1 aliphatic carbocycles. The van der Waals surface area contributed by atoms with E-state index >= 15 is 0 Å². The van der Waals surface area contributed by atoms with Gasteiger partial charge in [-0.2, -0.15) is 11.8 Å². The van der Waals surface area contributed by atoms with Gasteiger partial charge in [0.2, 0.25) is 0 Å². The van der Waals surface area contributed by atoms with Gasteiger partial charge in [0.15, 0.2) is 0 Å². The highest BCUT2D eigenvalue weighted by Gasteiger charge is 2.19. The van der Waals surface area contributed by atoms with Gasteiger partial charge in [-0.3, -0.25) is 0 Å². The lowest BCUT2D eigenvalue weighted by molar-refractivity contribution is 0.255. The monoisotopic (exact) mass is 228 g/mol. The second kappa shape index (κ2) is 6.12. The maximum atomic E-state index is 3.61. The summed E-state index contributed by atoms with van der Waals surface area (Å²) < 4.78 is 0. The fourth-order valence-corrected chi connectivity index (χ4v) is 3.76. The second-order valence-electron chi connectivity index (χ2n) is 5.10. The quantitative estimate of drug-likeness (QED) is 0.790. The Labute approximate surface area is 98.2 Å². The van der Waals surface area contributed by atoms with Gasteiger partial charge in [-0.15, -0.1) is 0 Å². The van der Waals surface area contributed by atoms with Gasteiger partial charge >= 0.3 is 0 Å². The predicted octanol–water partition coefficient (Wildman–Crippen LogP) is 1.81. The van der Waals surface area contributed by atoms with Crippen LogP contribution in [0.2, 0.25) is 0 Å². The van der Waals surface area contributed by atoms with Crippen molar-refractivity contribution in [2.45, 2.75) is 31.7 Å². The van der Waals surface area contributed by atoms with Crippen molar-refractivity contribution in [2.75, 3.05) is 38.2 Å². The summed E-state index contributed by atoms with van der Waals surface area (Å²) in [6, 6.07) is 0.732. The summed E-state index contributed by atoms with van der Waals surface area (Å²) in [6.45, 7) is 3.76. The standard InChI is InChI=1S/C12H24N2S/c1-14(8-11-4-2-3-5-11)9-12-10-15-7-6-13-12/h11-13H,2-10H2,1H3. The third kappa shape index (κ3) is 3.97. The van der Waals surface area contributed by atoms with Gasteiger partial charge in [0.1, 0.15) is 0 Å². The number of likely N-dealkylation sites (N-methyl/N-ethyl adjacent to an activating group) is 1. The molecule has 1 aliphatic heterocycles. The number of hydrogen-bond donors (Lipinski definition) is 1. The number of hydrogen-bond acceptors (Lipinski definition) is 3. The Morgan fingerprint density at radius 1 is 1.27 bits per heavy atom. The molecule has 0 bridgehead atoms. The summed E-state index contributed by atoms with van der Waals surface area (Å²) in [4.78, 5) is 2.54. The minimum absolute atomic E-state index is 0.732. The third-order valence-corrected chi connectivity index (χ3v) is 4.71. The molecule has 0 radical (unpaired) electrons. The number of thioether (sulfide) groups is 1. The molecule has 0 spiro atoms. The van der Waals surface area contributed by atoms with Crippen LogP contribution in [0.3, 0.4) is 0 Å². The van der Waals surface area contributed by atoms with Crippen molar-refractivity contribution in [1.82, 2.24) is 10.2 Å². The maximum absolute atomic E-state index is 3.61.